The molecule has 1 N–H and O–H groups in total. The van der Waals surface area contributed by atoms with Crippen LogP contribution in [0, 0.1) is 0 Å². The molecule has 0 aliphatic carbocycles. The van der Waals surface area contributed by atoms with Gasteiger partial charge in [-0.15, -0.1) is 11.3 Å². The summed E-state index contributed by atoms with van der Waals surface area (Å²) in [6, 6.07) is 6.86. The number of amides is 1. The summed E-state index contributed by atoms with van der Waals surface area (Å²) in [6.07, 6.45) is 5.19. The van der Waals surface area contributed by atoms with Gasteiger partial charge in [0.1, 0.15) is 11.5 Å². The van der Waals surface area contributed by atoms with Crippen LogP contribution >= 0.6 is 38.9 Å². The molecule has 0 spiro atoms. The zero-order chi connectivity index (χ0) is 20.5. The van der Waals surface area contributed by atoms with Gasteiger partial charge in [-0.3, -0.25) is 9.48 Å². The van der Waals surface area contributed by atoms with Gasteiger partial charge in [-0.05, 0) is 40.2 Å². The third-order valence-electron chi connectivity index (χ3n) is 4.02. The van der Waals surface area contributed by atoms with Crippen LogP contribution in [0.15, 0.2) is 47.3 Å². The van der Waals surface area contributed by atoms with Crippen LogP contribution in [0.5, 0.6) is 0 Å². The summed E-state index contributed by atoms with van der Waals surface area (Å²) in [7, 11) is 1.30. The number of nitrogens with one attached hydrogen (secondary N) is 1. The van der Waals surface area contributed by atoms with E-state index in [2.05, 4.69) is 31.4 Å². The molecule has 0 saturated carbocycles. The highest BCUT2D eigenvalue weighted by atomic mass is 79.9. The van der Waals surface area contributed by atoms with Gasteiger partial charge in [0.25, 0.3) is 5.91 Å². The normalized spacial score (nSPS) is 11.0. The van der Waals surface area contributed by atoms with Crippen molar-refractivity contribution in [3.8, 4) is 0 Å². The van der Waals surface area contributed by atoms with Gasteiger partial charge >= 0.3 is 5.97 Å². The maximum Gasteiger partial charge on any atom is 0.349 e. The Kier molecular flexibility index (Phi) is 5.39. The molecular formula is C18H13BrClN5O3S. The van der Waals surface area contributed by atoms with Gasteiger partial charge < -0.3 is 10.1 Å². The summed E-state index contributed by atoms with van der Waals surface area (Å²) in [5.41, 5.74) is 0.846. The number of carbonyl (C=O) groups excluding carboxylic acids is 2. The predicted octanol–water partition coefficient (Wildman–Crippen LogP) is 4.25. The van der Waals surface area contributed by atoms with Crippen molar-refractivity contribution in [1.82, 2.24) is 19.6 Å². The Balaban J connectivity index is 1.51. The molecule has 148 valence electrons. The molecule has 0 radical (unpaired) electrons. The molecule has 0 bridgehead atoms. The van der Waals surface area contributed by atoms with Crippen molar-refractivity contribution in [2.24, 2.45) is 0 Å². The smallest absolute Gasteiger partial charge is 0.349 e. The fourth-order valence-electron chi connectivity index (χ4n) is 2.69. The van der Waals surface area contributed by atoms with E-state index in [9.17, 15) is 9.59 Å². The summed E-state index contributed by atoms with van der Waals surface area (Å²) in [5, 5.41) is 12.3. The number of aromatic nitrogens is 4. The maximum absolute atomic E-state index is 12.5. The molecule has 4 rings (SSSR count). The van der Waals surface area contributed by atoms with Crippen LogP contribution < -0.4 is 5.32 Å². The average Bonchev–Trinajstić information content (AvgIpc) is 3.41. The molecular weight excluding hydrogens is 482 g/mol. The Morgan fingerprint density at radius 1 is 1.31 bits per heavy atom. The zero-order valence-corrected chi connectivity index (χ0v) is 18.1. The number of hydrogen-bond acceptors (Lipinski definition) is 6. The van der Waals surface area contributed by atoms with E-state index in [-0.39, 0.29) is 11.6 Å². The van der Waals surface area contributed by atoms with E-state index >= 15 is 0 Å². The Labute approximate surface area is 182 Å². The van der Waals surface area contributed by atoms with Gasteiger partial charge in [-0.1, -0.05) is 11.6 Å². The fourth-order valence-corrected chi connectivity index (χ4v) is 4.48. The topological polar surface area (TPSA) is 91.0 Å². The van der Waals surface area contributed by atoms with Crippen molar-refractivity contribution in [1.29, 1.82) is 0 Å². The lowest BCUT2D eigenvalue weighted by atomic mass is 10.2. The SMILES string of the molecule is COC(=O)c1sc2cc(NC(=O)c3ccn(Cn4cc(Br)cn4)n3)ccc2c1Cl. The van der Waals surface area contributed by atoms with Gasteiger partial charge in [-0.25, -0.2) is 9.48 Å². The molecule has 1 aromatic carbocycles. The molecule has 1 amide bonds. The standard InChI is InChI=1S/C18H13BrClN5O3S/c1-28-18(27)16-15(20)12-3-2-11(6-14(12)29-16)22-17(26)13-4-5-24(23-13)9-25-8-10(19)7-21-25/h2-8H,9H2,1H3,(H,22,26). The third-order valence-corrected chi connectivity index (χ3v) is 6.07. The number of ether oxygens (including phenoxy) is 1. The van der Waals surface area contributed by atoms with E-state index in [1.807, 2.05) is 6.20 Å². The first-order valence-electron chi connectivity index (χ1n) is 8.27. The molecule has 29 heavy (non-hydrogen) atoms. The second-order valence-electron chi connectivity index (χ2n) is 5.98. The van der Waals surface area contributed by atoms with Crippen molar-refractivity contribution < 1.29 is 14.3 Å². The second kappa shape index (κ2) is 7.97. The number of benzene rings is 1. The Hall–Kier alpha value is -2.69. The van der Waals surface area contributed by atoms with E-state index in [0.717, 1.165) is 14.6 Å². The molecule has 0 atom stereocenters. The number of halogens is 2. The van der Waals surface area contributed by atoms with Crippen LogP contribution in [0.25, 0.3) is 10.1 Å². The number of thiophene rings is 1. The van der Waals surface area contributed by atoms with Crippen LogP contribution in [0.2, 0.25) is 5.02 Å². The van der Waals surface area contributed by atoms with E-state index in [4.69, 9.17) is 16.3 Å². The van der Waals surface area contributed by atoms with E-state index in [1.54, 1.807) is 46.0 Å². The number of nitrogens with zero attached hydrogens (tertiary/aromatic N) is 4. The Morgan fingerprint density at radius 2 is 2.14 bits per heavy atom. The van der Waals surface area contributed by atoms with Crippen LogP contribution in [0.4, 0.5) is 5.69 Å². The van der Waals surface area contributed by atoms with Gasteiger partial charge in [0.2, 0.25) is 0 Å². The summed E-state index contributed by atoms with van der Waals surface area (Å²) < 4.78 is 9.67. The largest absolute Gasteiger partial charge is 0.465 e. The molecule has 0 fully saturated rings. The van der Waals surface area contributed by atoms with Crippen molar-refractivity contribution in [2.45, 2.75) is 6.67 Å². The van der Waals surface area contributed by atoms with Crippen molar-refractivity contribution in [3.63, 3.8) is 0 Å². The second-order valence-corrected chi connectivity index (χ2v) is 8.33. The number of esters is 1. The maximum atomic E-state index is 12.5. The van der Waals surface area contributed by atoms with Crippen molar-refractivity contribution in [3.05, 3.63) is 62.9 Å². The van der Waals surface area contributed by atoms with E-state index in [0.29, 0.717) is 22.3 Å². The number of carbonyl (C=O) groups is 2. The van der Waals surface area contributed by atoms with Crippen LogP contribution in [-0.2, 0) is 11.4 Å². The number of fused-ring (bicyclic) bond motifs is 1. The fraction of sp³-hybridized carbons (Fsp3) is 0.111. The highest BCUT2D eigenvalue weighted by Gasteiger charge is 2.18. The Bertz CT molecular complexity index is 1230. The quantitative estimate of drug-likeness (QED) is 0.419. The summed E-state index contributed by atoms with van der Waals surface area (Å²) in [5.74, 6) is -0.836. The van der Waals surface area contributed by atoms with Crippen LogP contribution in [-0.4, -0.2) is 38.5 Å². The highest BCUT2D eigenvalue weighted by molar-refractivity contribution is 9.10. The van der Waals surface area contributed by atoms with Gasteiger partial charge in [0.15, 0.2) is 5.69 Å². The van der Waals surface area contributed by atoms with Crippen LogP contribution in [0.3, 0.4) is 0 Å². The van der Waals surface area contributed by atoms with Crippen molar-refractivity contribution >= 4 is 66.5 Å². The lowest BCUT2D eigenvalue weighted by Crippen LogP contribution is -2.14. The number of hydrogen-bond donors (Lipinski definition) is 1. The molecule has 4 aromatic rings. The van der Waals surface area contributed by atoms with Gasteiger partial charge in [-0.2, -0.15) is 10.2 Å². The predicted molar refractivity (Wildman–Crippen MR) is 114 cm³/mol. The highest BCUT2D eigenvalue weighted by Crippen LogP contribution is 2.37. The summed E-state index contributed by atoms with van der Waals surface area (Å²) in [4.78, 5) is 24.7. The zero-order valence-electron chi connectivity index (χ0n) is 14.9. The van der Waals surface area contributed by atoms with E-state index < -0.39 is 5.97 Å². The average molecular weight is 495 g/mol. The Morgan fingerprint density at radius 3 is 2.86 bits per heavy atom. The van der Waals surface area contributed by atoms with Crippen LogP contribution in [0.1, 0.15) is 20.2 Å². The molecule has 0 aliphatic rings. The first-order valence-corrected chi connectivity index (χ1v) is 10.3. The minimum Gasteiger partial charge on any atom is -0.465 e. The number of rotatable bonds is 5. The molecule has 11 heteroatoms. The van der Waals surface area contributed by atoms with Gasteiger partial charge in [0.05, 0.1) is 22.8 Å². The summed E-state index contributed by atoms with van der Waals surface area (Å²) in [6.45, 7) is 0.384. The van der Waals surface area contributed by atoms with Gasteiger partial charge in [0, 0.05) is 28.2 Å². The minimum absolute atomic E-state index is 0.274. The summed E-state index contributed by atoms with van der Waals surface area (Å²) >= 11 is 10.8. The first-order chi connectivity index (χ1) is 13.9. The number of anilines is 1. The molecule has 3 heterocycles. The monoisotopic (exact) mass is 493 g/mol. The molecule has 3 aromatic heterocycles. The van der Waals surface area contributed by atoms with Crippen molar-refractivity contribution in [2.75, 3.05) is 12.4 Å². The lowest BCUT2D eigenvalue weighted by Gasteiger charge is -2.04. The first kappa shape index (κ1) is 19.6. The number of methoxy groups -OCH3 is 1. The minimum atomic E-state index is -0.489. The molecule has 8 nitrogen and oxygen atoms in total. The lowest BCUT2D eigenvalue weighted by molar-refractivity contribution is 0.0606. The van der Waals surface area contributed by atoms with E-state index in [1.165, 1.54) is 18.4 Å². The molecule has 0 saturated heterocycles. The molecule has 0 aliphatic heterocycles. The third kappa shape index (κ3) is 4.04. The molecule has 0 unspecified atom stereocenters.